The van der Waals surface area contributed by atoms with E-state index in [1.807, 2.05) is 0 Å². The van der Waals surface area contributed by atoms with E-state index in [-0.39, 0.29) is 0 Å². The van der Waals surface area contributed by atoms with Crippen LogP contribution in [0.25, 0.3) is 65.7 Å². The molecule has 0 saturated heterocycles. The second-order valence-electron chi connectivity index (χ2n) is 11.8. The molecule has 9 aromatic rings. The van der Waals surface area contributed by atoms with E-state index >= 15 is 0 Å². The highest BCUT2D eigenvalue weighted by atomic mass is 16.3. The van der Waals surface area contributed by atoms with Crippen molar-refractivity contribution in [2.45, 2.75) is 0 Å². The number of hydrogen-bond acceptors (Lipinski definition) is 2. The second-order valence-corrected chi connectivity index (χ2v) is 11.8. The van der Waals surface area contributed by atoms with Gasteiger partial charge in [0.2, 0.25) is 0 Å². The van der Waals surface area contributed by atoms with E-state index in [0.717, 1.165) is 44.4 Å². The van der Waals surface area contributed by atoms with Gasteiger partial charge in [0.25, 0.3) is 0 Å². The average Bonchev–Trinajstić information content (AvgIpc) is 3.53. The van der Waals surface area contributed by atoms with Crippen LogP contribution < -0.4 is 4.90 Å². The van der Waals surface area contributed by atoms with Gasteiger partial charge in [0.05, 0.1) is 11.1 Å². The van der Waals surface area contributed by atoms with Crippen molar-refractivity contribution in [3.63, 3.8) is 0 Å². The molecule has 0 saturated carbocycles. The maximum atomic E-state index is 6.59. The van der Waals surface area contributed by atoms with Gasteiger partial charge in [-0.05, 0) is 86.9 Å². The maximum absolute atomic E-state index is 6.59. The molecule has 0 bridgehead atoms. The monoisotopic (exact) mass is 587 g/mol. The molecule has 0 unspecified atom stereocenters. The number of rotatable bonds is 5. The molecule has 216 valence electrons. The van der Waals surface area contributed by atoms with Gasteiger partial charge in [-0.2, -0.15) is 0 Å². The first-order valence-corrected chi connectivity index (χ1v) is 15.7. The number of fused-ring (bicyclic) bond motifs is 6. The molecule has 9 rings (SSSR count). The van der Waals surface area contributed by atoms with Gasteiger partial charge >= 0.3 is 0 Å². The number of nitrogens with zero attached hydrogens (tertiary/aromatic N) is 1. The summed E-state index contributed by atoms with van der Waals surface area (Å²) in [7, 11) is 0. The highest BCUT2D eigenvalue weighted by Crippen LogP contribution is 2.44. The smallest absolute Gasteiger partial charge is 0.143 e. The zero-order valence-corrected chi connectivity index (χ0v) is 25.1. The molecule has 0 atom stereocenters. The highest BCUT2D eigenvalue weighted by Gasteiger charge is 2.20. The SMILES string of the molecule is c1ccc(-c2ccc(N(c3ccc(-c4ccc5ccccc5c4)cc3)c3cccc4oc5c6ccccc6ccc5c34)cc2)cc1. The number of anilines is 3. The molecule has 0 spiro atoms. The molecular weight excluding hydrogens is 558 g/mol. The molecule has 0 aliphatic rings. The highest BCUT2D eigenvalue weighted by molar-refractivity contribution is 6.19. The predicted octanol–water partition coefficient (Wildman–Crippen LogP) is 12.7. The lowest BCUT2D eigenvalue weighted by atomic mass is 10.0. The molecule has 0 aliphatic carbocycles. The van der Waals surface area contributed by atoms with Crippen molar-refractivity contribution in [3.8, 4) is 22.3 Å². The van der Waals surface area contributed by atoms with Crippen LogP contribution in [0.15, 0.2) is 180 Å². The Bertz CT molecular complexity index is 2510. The summed E-state index contributed by atoms with van der Waals surface area (Å²) in [4.78, 5) is 2.35. The van der Waals surface area contributed by atoms with Crippen LogP contribution in [-0.2, 0) is 0 Å². The van der Waals surface area contributed by atoms with Gasteiger partial charge < -0.3 is 9.32 Å². The fraction of sp³-hybridized carbons (Fsp3) is 0. The van der Waals surface area contributed by atoms with Crippen LogP contribution >= 0.6 is 0 Å². The zero-order valence-electron chi connectivity index (χ0n) is 25.1. The Hall–Kier alpha value is -6.12. The van der Waals surface area contributed by atoms with Gasteiger partial charge in [-0.15, -0.1) is 0 Å². The Morgan fingerprint density at radius 2 is 0.957 bits per heavy atom. The van der Waals surface area contributed by atoms with E-state index < -0.39 is 0 Å². The molecule has 8 aromatic carbocycles. The normalized spacial score (nSPS) is 11.5. The van der Waals surface area contributed by atoms with E-state index in [4.69, 9.17) is 4.42 Å². The Kier molecular flexibility index (Phi) is 6.17. The topological polar surface area (TPSA) is 16.4 Å². The van der Waals surface area contributed by atoms with Gasteiger partial charge in [0.15, 0.2) is 0 Å². The van der Waals surface area contributed by atoms with Crippen LogP contribution in [0, 0.1) is 0 Å². The van der Waals surface area contributed by atoms with Crippen LogP contribution in [0.4, 0.5) is 17.1 Å². The first-order valence-electron chi connectivity index (χ1n) is 15.7. The molecule has 0 aliphatic heterocycles. The molecule has 0 fully saturated rings. The largest absolute Gasteiger partial charge is 0.455 e. The molecule has 0 N–H and O–H groups in total. The molecule has 2 heteroatoms. The van der Waals surface area contributed by atoms with E-state index in [9.17, 15) is 0 Å². The summed E-state index contributed by atoms with van der Waals surface area (Å²) in [5.41, 5.74) is 9.84. The Labute approximate surface area is 267 Å². The average molecular weight is 588 g/mol. The summed E-state index contributed by atoms with van der Waals surface area (Å²) in [5.74, 6) is 0. The van der Waals surface area contributed by atoms with Crippen molar-refractivity contribution >= 4 is 60.5 Å². The summed E-state index contributed by atoms with van der Waals surface area (Å²) in [5, 5.41) is 7.02. The molecular formula is C44H29NO. The number of benzene rings is 8. The van der Waals surface area contributed by atoms with E-state index in [2.05, 4.69) is 181 Å². The van der Waals surface area contributed by atoms with Crippen molar-refractivity contribution in [1.29, 1.82) is 0 Å². The quantitative estimate of drug-likeness (QED) is 0.199. The van der Waals surface area contributed by atoms with Crippen LogP contribution in [-0.4, -0.2) is 0 Å². The zero-order chi connectivity index (χ0) is 30.5. The van der Waals surface area contributed by atoms with Crippen molar-refractivity contribution < 1.29 is 4.42 Å². The molecule has 0 radical (unpaired) electrons. The fourth-order valence-electron chi connectivity index (χ4n) is 6.75. The van der Waals surface area contributed by atoms with Gasteiger partial charge in [-0.1, -0.05) is 127 Å². The maximum Gasteiger partial charge on any atom is 0.143 e. The van der Waals surface area contributed by atoms with Crippen molar-refractivity contribution in [2.75, 3.05) is 4.90 Å². The van der Waals surface area contributed by atoms with Crippen LogP contribution in [0.1, 0.15) is 0 Å². The van der Waals surface area contributed by atoms with Crippen molar-refractivity contribution in [3.05, 3.63) is 176 Å². The third-order valence-electron chi connectivity index (χ3n) is 9.05. The molecule has 46 heavy (non-hydrogen) atoms. The standard InChI is InChI=1S/C44H29NO/c1-2-9-30(10-3-1)32-19-24-37(25-20-32)45(38-26-21-33(22-27-38)36-18-17-31-11-4-5-13-35(31)29-36)41-15-8-16-42-43(41)40-28-23-34-12-6-7-14-39(34)44(40)46-42/h1-29H. The lowest BCUT2D eigenvalue weighted by Gasteiger charge is -2.26. The molecule has 0 amide bonds. The molecule has 2 nitrogen and oxygen atoms in total. The second kappa shape index (κ2) is 10.8. The Morgan fingerprint density at radius 3 is 1.72 bits per heavy atom. The van der Waals surface area contributed by atoms with E-state index in [1.54, 1.807) is 0 Å². The number of furan rings is 1. The van der Waals surface area contributed by atoms with E-state index in [0.29, 0.717) is 0 Å². The Balaban J connectivity index is 1.22. The minimum Gasteiger partial charge on any atom is -0.455 e. The summed E-state index contributed by atoms with van der Waals surface area (Å²) >= 11 is 0. The summed E-state index contributed by atoms with van der Waals surface area (Å²) < 4.78 is 6.59. The van der Waals surface area contributed by atoms with Crippen molar-refractivity contribution in [2.24, 2.45) is 0 Å². The molecule has 1 heterocycles. The lowest BCUT2D eigenvalue weighted by Crippen LogP contribution is -2.10. The van der Waals surface area contributed by atoms with E-state index in [1.165, 1.54) is 38.4 Å². The summed E-state index contributed by atoms with van der Waals surface area (Å²) in [6.45, 7) is 0. The number of hydrogen-bond donors (Lipinski definition) is 0. The Morgan fingerprint density at radius 1 is 0.370 bits per heavy atom. The molecule has 1 aromatic heterocycles. The first-order chi connectivity index (χ1) is 22.8. The van der Waals surface area contributed by atoms with Gasteiger partial charge in [-0.25, -0.2) is 0 Å². The fourth-order valence-corrected chi connectivity index (χ4v) is 6.75. The minimum atomic E-state index is 0.877. The van der Waals surface area contributed by atoms with Crippen LogP contribution in [0.3, 0.4) is 0 Å². The third kappa shape index (κ3) is 4.43. The lowest BCUT2D eigenvalue weighted by molar-refractivity contribution is 0.672. The van der Waals surface area contributed by atoms with Gasteiger partial charge in [0.1, 0.15) is 11.2 Å². The minimum absolute atomic E-state index is 0.877. The van der Waals surface area contributed by atoms with Crippen molar-refractivity contribution in [1.82, 2.24) is 0 Å². The summed E-state index contributed by atoms with van der Waals surface area (Å²) in [6, 6.07) is 62.7. The van der Waals surface area contributed by atoms with Gasteiger partial charge in [0, 0.05) is 22.1 Å². The third-order valence-corrected chi connectivity index (χ3v) is 9.05. The predicted molar refractivity (Wildman–Crippen MR) is 194 cm³/mol. The first kappa shape index (κ1) is 26.3. The summed E-state index contributed by atoms with van der Waals surface area (Å²) in [6.07, 6.45) is 0. The van der Waals surface area contributed by atoms with Crippen LogP contribution in [0.5, 0.6) is 0 Å². The van der Waals surface area contributed by atoms with Crippen LogP contribution in [0.2, 0.25) is 0 Å². The van der Waals surface area contributed by atoms with Gasteiger partial charge in [-0.3, -0.25) is 0 Å².